The van der Waals surface area contributed by atoms with Crippen molar-refractivity contribution in [3.8, 4) is 22.9 Å². The van der Waals surface area contributed by atoms with Gasteiger partial charge in [-0.1, -0.05) is 30.3 Å². The van der Waals surface area contributed by atoms with Gasteiger partial charge in [0.15, 0.2) is 5.82 Å². The molecule has 5 aliphatic heterocycles. The van der Waals surface area contributed by atoms with Crippen LogP contribution in [0.5, 0.6) is 11.8 Å². The predicted octanol–water partition coefficient (Wildman–Crippen LogP) is 5.19. The number of aromatic nitrogens is 2. The highest BCUT2D eigenvalue weighted by molar-refractivity contribution is 6.01. The molecule has 0 radical (unpaired) electrons. The molecule has 5 fully saturated rings. The van der Waals surface area contributed by atoms with E-state index < -0.39 is 12.0 Å². The van der Waals surface area contributed by atoms with E-state index in [1.807, 2.05) is 30.3 Å². The average molecular weight is 558 g/mol. The summed E-state index contributed by atoms with van der Waals surface area (Å²) in [4.78, 5) is 14.0. The number of phenols is 1. The molecule has 2 bridgehead atoms. The molecule has 4 atom stereocenters. The number of alkyl halides is 1. The minimum Gasteiger partial charge on any atom is -0.508 e. The molecule has 6 heterocycles. The van der Waals surface area contributed by atoms with E-state index in [-0.39, 0.29) is 35.5 Å². The first kappa shape index (κ1) is 25.2. The van der Waals surface area contributed by atoms with Crippen LogP contribution in [-0.2, 0) is 0 Å². The van der Waals surface area contributed by atoms with Crippen molar-refractivity contribution < 1.29 is 18.6 Å². The maximum atomic E-state index is 16.6. The highest BCUT2D eigenvalue weighted by atomic mass is 19.1. The number of nitrogens with one attached hydrogen (secondary N) is 1. The Morgan fingerprint density at radius 3 is 2.78 bits per heavy atom. The summed E-state index contributed by atoms with van der Waals surface area (Å²) in [5, 5.41) is 16.3. The monoisotopic (exact) mass is 557 g/mol. The van der Waals surface area contributed by atoms with Crippen LogP contribution in [0, 0.1) is 5.82 Å². The fraction of sp³-hybridized carbons (Fsp3) is 0.438. The molecule has 212 valence electrons. The first-order chi connectivity index (χ1) is 20.0. The molecule has 5 saturated heterocycles. The van der Waals surface area contributed by atoms with Crippen molar-refractivity contribution in [2.75, 3.05) is 37.7 Å². The van der Waals surface area contributed by atoms with E-state index in [2.05, 4.69) is 20.1 Å². The second-order valence-corrected chi connectivity index (χ2v) is 12.2. The summed E-state index contributed by atoms with van der Waals surface area (Å²) >= 11 is 0. The molecule has 0 aliphatic carbocycles. The molecule has 0 amide bonds. The summed E-state index contributed by atoms with van der Waals surface area (Å²) in [7, 11) is 0. The molecule has 9 rings (SSSR count). The van der Waals surface area contributed by atoms with Crippen molar-refractivity contribution in [3.63, 3.8) is 0 Å². The fourth-order valence-electron chi connectivity index (χ4n) is 7.75. The molecule has 2 N–H and O–H groups in total. The molecule has 5 aliphatic rings. The van der Waals surface area contributed by atoms with E-state index in [1.165, 1.54) is 0 Å². The van der Waals surface area contributed by atoms with Crippen LogP contribution < -0.4 is 15.0 Å². The van der Waals surface area contributed by atoms with Crippen molar-refractivity contribution in [1.82, 2.24) is 20.2 Å². The Morgan fingerprint density at radius 2 is 1.95 bits per heavy atom. The van der Waals surface area contributed by atoms with Gasteiger partial charge in [-0.3, -0.25) is 4.90 Å². The zero-order valence-electron chi connectivity index (χ0n) is 22.8. The number of nitrogens with zero attached hydrogens (tertiary/aromatic N) is 4. The summed E-state index contributed by atoms with van der Waals surface area (Å²) in [6.45, 7) is 3.24. The van der Waals surface area contributed by atoms with Crippen molar-refractivity contribution in [2.45, 2.75) is 55.9 Å². The third-order valence-corrected chi connectivity index (χ3v) is 9.75. The van der Waals surface area contributed by atoms with Crippen LogP contribution in [0.3, 0.4) is 0 Å². The van der Waals surface area contributed by atoms with Crippen LogP contribution in [0.25, 0.3) is 32.8 Å². The van der Waals surface area contributed by atoms with Crippen LogP contribution in [0.1, 0.15) is 32.1 Å². The molecule has 4 aromatic rings. The first-order valence-corrected chi connectivity index (χ1v) is 14.7. The van der Waals surface area contributed by atoms with E-state index in [0.717, 1.165) is 56.1 Å². The molecule has 0 saturated carbocycles. The number of halogens is 2. The van der Waals surface area contributed by atoms with Crippen LogP contribution >= 0.6 is 0 Å². The molecule has 0 spiro atoms. The summed E-state index contributed by atoms with van der Waals surface area (Å²) in [6.07, 6.45) is 3.63. The van der Waals surface area contributed by atoms with Gasteiger partial charge in [0.1, 0.15) is 29.9 Å². The van der Waals surface area contributed by atoms with Gasteiger partial charge in [-0.2, -0.15) is 9.97 Å². The number of ether oxygens (including phenoxy) is 1. The summed E-state index contributed by atoms with van der Waals surface area (Å²) in [6, 6.07) is 15.3. The van der Waals surface area contributed by atoms with Crippen molar-refractivity contribution >= 4 is 27.5 Å². The number of rotatable bonds is 5. The van der Waals surface area contributed by atoms with E-state index in [1.54, 1.807) is 18.2 Å². The van der Waals surface area contributed by atoms with Gasteiger partial charge in [-0.05, 0) is 66.8 Å². The zero-order chi connectivity index (χ0) is 27.7. The molecule has 9 heteroatoms. The topological polar surface area (TPSA) is 73.8 Å². The number of aromatic hydroxyl groups is 1. The number of anilines is 1. The van der Waals surface area contributed by atoms with Gasteiger partial charge in [0.25, 0.3) is 0 Å². The number of fused-ring (bicyclic) bond motifs is 6. The Morgan fingerprint density at radius 1 is 1.05 bits per heavy atom. The van der Waals surface area contributed by atoms with Gasteiger partial charge >= 0.3 is 6.01 Å². The molecule has 1 aromatic heterocycles. The molecule has 7 nitrogen and oxygen atoms in total. The first-order valence-electron chi connectivity index (χ1n) is 14.7. The van der Waals surface area contributed by atoms with Crippen LogP contribution in [-0.4, -0.2) is 76.6 Å². The van der Waals surface area contributed by atoms with Gasteiger partial charge < -0.3 is 20.1 Å². The fourth-order valence-corrected chi connectivity index (χ4v) is 7.75. The zero-order valence-corrected chi connectivity index (χ0v) is 22.8. The lowest BCUT2D eigenvalue weighted by Gasteiger charge is -2.46. The van der Waals surface area contributed by atoms with E-state index in [9.17, 15) is 9.50 Å². The van der Waals surface area contributed by atoms with Crippen LogP contribution in [0.4, 0.5) is 14.6 Å². The second-order valence-electron chi connectivity index (χ2n) is 12.2. The Kier molecular flexibility index (Phi) is 5.83. The van der Waals surface area contributed by atoms with Crippen LogP contribution in [0.15, 0.2) is 48.5 Å². The normalized spacial score (nSPS) is 27.7. The number of hydrogen-bond acceptors (Lipinski definition) is 7. The minimum atomic E-state index is -0.861. The summed E-state index contributed by atoms with van der Waals surface area (Å²) in [5.41, 5.74) is 0.801. The lowest BCUT2D eigenvalue weighted by molar-refractivity contribution is 0.107. The molecule has 1 unspecified atom stereocenters. The SMILES string of the molecule is Oc1cc(-c2ccc3c(N4CC5CC[C@H]4CN5)nc(OC[C@@]45CCCN4C[C@H](F)C5)nc3c2F)c2ccccc2c1. The molecule has 3 aromatic carbocycles. The average Bonchev–Trinajstić information content (AvgIpc) is 3.52. The van der Waals surface area contributed by atoms with Crippen LogP contribution in [0.2, 0.25) is 0 Å². The van der Waals surface area contributed by atoms with Crippen molar-refractivity contribution in [1.29, 1.82) is 0 Å². The van der Waals surface area contributed by atoms with Gasteiger partial charge in [0.05, 0.1) is 5.54 Å². The summed E-state index contributed by atoms with van der Waals surface area (Å²) in [5.74, 6) is 0.283. The van der Waals surface area contributed by atoms with Crippen molar-refractivity contribution in [3.05, 3.63) is 54.3 Å². The Bertz CT molecular complexity index is 1660. The standard InChI is InChI=1S/C32H33F2N5O2/c33-20-14-32(10-3-11-38(32)16-20)18-41-31-36-29-26(30(37-31)39-17-21-6-7-22(39)15-35-21)9-8-25(28(29)34)27-13-23(40)12-19-4-1-2-5-24(19)27/h1-2,4-5,8-9,12-13,20-22,35,40H,3,6-7,10-11,14-18H2/t20-,21?,22+,32+/m1/s1. The second kappa shape index (κ2) is 9.49. The van der Waals surface area contributed by atoms with Gasteiger partial charge in [-0.15, -0.1) is 0 Å². The van der Waals surface area contributed by atoms with Gasteiger partial charge in [0, 0.05) is 49.1 Å². The minimum absolute atomic E-state index is 0.0746. The Balaban J connectivity index is 1.25. The maximum Gasteiger partial charge on any atom is 0.319 e. The highest BCUT2D eigenvalue weighted by Gasteiger charge is 2.49. The Hall–Kier alpha value is -3.56. The molecular formula is C32H33F2N5O2. The highest BCUT2D eigenvalue weighted by Crippen LogP contribution is 2.42. The number of benzene rings is 3. The third-order valence-electron chi connectivity index (χ3n) is 9.75. The predicted molar refractivity (Wildman–Crippen MR) is 155 cm³/mol. The molecular weight excluding hydrogens is 524 g/mol. The lowest BCUT2D eigenvalue weighted by atomic mass is 9.92. The lowest BCUT2D eigenvalue weighted by Crippen LogP contribution is -2.61. The Labute approximate surface area is 237 Å². The van der Waals surface area contributed by atoms with E-state index in [0.29, 0.717) is 41.3 Å². The molecule has 41 heavy (non-hydrogen) atoms. The van der Waals surface area contributed by atoms with Gasteiger partial charge in [0.2, 0.25) is 0 Å². The van der Waals surface area contributed by atoms with Gasteiger partial charge in [-0.25, -0.2) is 8.78 Å². The number of piperidine rings is 2. The van der Waals surface area contributed by atoms with Crippen molar-refractivity contribution in [2.24, 2.45) is 0 Å². The maximum absolute atomic E-state index is 16.6. The number of phenolic OH excluding ortho intramolecular Hbond substituents is 1. The van der Waals surface area contributed by atoms with E-state index >= 15 is 4.39 Å². The third kappa shape index (κ3) is 4.12. The summed E-state index contributed by atoms with van der Waals surface area (Å²) < 4.78 is 37.3. The quantitative estimate of drug-likeness (QED) is 0.350. The number of hydrogen-bond donors (Lipinski definition) is 2. The largest absolute Gasteiger partial charge is 0.508 e. The van der Waals surface area contributed by atoms with E-state index in [4.69, 9.17) is 9.72 Å². The smallest absolute Gasteiger partial charge is 0.319 e. The number of piperazine rings is 1.